The van der Waals surface area contributed by atoms with E-state index in [0.29, 0.717) is 17.9 Å². The Morgan fingerprint density at radius 2 is 2.22 bits per heavy atom. The van der Waals surface area contributed by atoms with Gasteiger partial charge in [-0.2, -0.15) is 4.98 Å². The zero-order valence-corrected chi connectivity index (χ0v) is 11.1. The highest BCUT2D eigenvalue weighted by atomic mass is 15.3. The number of nitrogens with zero attached hydrogens (tertiary/aromatic N) is 3. The van der Waals surface area contributed by atoms with E-state index in [1.54, 1.807) is 0 Å². The summed E-state index contributed by atoms with van der Waals surface area (Å²) in [5, 5.41) is 3.55. The van der Waals surface area contributed by atoms with Crippen LogP contribution in [0.5, 0.6) is 0 Å². The highest BCUT2D eigenvalue weighted by Gasteiger charge is 2.36. The van der Waals surface area contributed by atoms with Gasteiger partial charge in [0.2, 0.25) is 5.95 Å². The quantitative estimate of drug-likeness (QED) is 0.815. The molecule has 2 saturated heterocycles. The molecule has 98 valence electrons. The fourth-order valence-corrected chi connectivity index (χ4v) is 2.97. The normalized spacial score (nSPS) is 26.9. The molecule has 2 fully saturated rings. The first-order chi connectivity index (χ1) is 8.63. The predicted molar refractivity (Wildman–Crippen MR) is 72.6 cm³/mol. The van der Waals surface area contributed by atoms with Gasteiger partial charge in [0, 0.05) is 25.2 Å². The second-order valence-corrected chi connectivity index (χ2v) is 5.68. The van der Waals surface area contributed by atoms with E-state index in [9.17, 15) is 0 Å². The number of hydrogen-bond donors (Lipinski definition) is 2. The predicted octanol–water partition coefficient (Wildman–Crippen LogP) is 0.980. The summed E-state index contributed by atoms with van der Waals surface area (Å²) in [6.45, 7) is 7.55. The Bertz CT molecular complexity index is 433. The molecule has 0 saturated carbocycles. The van der Waals surface area contributed by atoms with Gasteiger partial charge < -0.3 is 16.0 Å². The fourth-order valence-electron chi connectivity index (χ4n) is 2.97. The maximum Gasteiger partial charge on any atom is 0.222 e. The van der Waals surface area contributed by atoms with Crippen LogP contribution in [0.2, 0.25) is 0 Å². The molecule has 0 aromatic carbocycles. The first-order valence-corrected chi connectivity index (χ1v) is 6.76. The SMILES string of the molecule is CC(C)c1cc(N2C[C@@H]3CCN[C@@H]3C2)nc(N)n1. The summed E-state index contributed by atoms with van der Waals surface area (Å²) in [6, 6.07) is 2.71. The minimum Gasteiger partial charge on any atom is -0.368 e. The molecule has 0 spiro atoms. The van der Waals surface area contributed by atoms with Crippen LogP contribution in [0, 0.1) is 5.92 Å². The molecule has 3 rings (SSSR count). The molecule has 2 aliphatic rings. The average Bonchev–Trinajstić information content (AvgIpc) is 2.87. The van der Waals surface area contributed by atoms with Crippen molar-refractivity contribution in [3.63, 3.8) is 0 Å². The number of nitrogens with one attached hydrogen (secondary N) is 1. The minimum absolute atomic E-state index is 0.384. The van der Waals surface area contributed by atoms with Gasteiger partial charge >= 0.3 is 0 Å². The fraction of sp³-hybridized carbons (Fsp3) is 0.692. The van der Waals surface area contributed by atoms with Gasteiger partial charge in [0.05, 0.1) is 5.69 Å². The molecule has 2 aliphatic heterocycles. The van der Waals surface area contributed by atoms with Gasteiger partial charge in [-0.1, -0.05) is 13.8 Å². The lowest BCUT2D eigenvalue weighted by Crippen LogP contribution is -2.30. The summed E-state index contributed by atoms with van der Waals surface area (Å²) in [4.78, 5) is 11.0. The molecule has 0 amide bonds. The van der Waals surface area contributed by atoms with Crippen molar-refractivity contribution in [2.75, 3.05) is 30.3 Å². The Hall–Kier alpha value is -1.36. The molecular weight excluding hydrogens is 226 g/mol. The van der Waals surface area contributed by atoms with E-state index in [0.717, 1.165) is 37.1 Å². The molecular formula is C13H21N5. The molecule has 3 N–H and O–H groups in total. The lowest BCUT2D eigenvalue weighted by molar-refractivity contribution is 0.556. The molecule has 0 unspecified atom stereocenters. The van der Waals surface area contributed by atoms with Gasteiger partial charge in [0.15, 0.2) is 0 Å². The van der Waals surface area contributed by atoms with Gasteiger partial charge in [-0.25, -0.2) is 4.98 Å². The van der Waals surface area contributed by atoms with E-state index in [1.807, 2.05) is 0 Å². The first-order valence-electron chi connectivity index (χ1n) is 6.76. The molecule has 0 aliphatic carbocycles. The summed E-state index contributed by atoms with van der Waals surface area (Å²) < 4.78 is 0. The van der Waals surface area contributed by atoms with Crippen LogP contribution in [-0.4, -0.2) is 35.6 Å². The molecule has 2 atom stereocenters. The van der Waals surface area contributed by atoms with Gasteiger partial charge in [0.25, 0.3) is 0 Å². The van der Waals surface area contributed by atoms with Gasteiger partial charge in [-0.15, -0.1) is 0 Å². The summed E-state index contributed by atoms with van der Waals surface area (Å²) in [6.07, 6.45) is 1.28. The number of nitrogen functional groups attached to an aromatic ring is 1. The van der Waals surface area contributed by atoms with Crippen LogP contribution < -0.4 is 16.0 Å². The van der Waals surface area contributed by atoms with E-state index in [-0.39, 0.29) is 0 Å². The van der Waals surface area contributed by atoms with Gasteiger partial charge in [-0.05, 0) is 24.8 Å². The van der Waals surface area contributed by atoms with E-state index in [4.69, 9.17) is 5.73 Å². The maximum absolute atomic E-state index is 5.82. The monoisotopic (exact) mass is 247 g/mol. The Kier molecular flexibility index (Phi) is 2.86. The third kappa shape index (κ3) is 2.03. The van der Waals surface area contributed by atoms with E-state index >= 15 is 0 Å². The molecule has 5 nitrogen and oxygen atoms in total. The Morgan fingerprint density at radius 1 is 1.39 bits per heavy atom. The molecule has 5 heteroatoms. The van der Waals surface area contributed by atoms with Crippen LogP contribution >= 0.6 is 0 Å². The van der Waals surface area contributed by atoms with Crippen LogP contribution in [-0.2, 0) is 0 Å². The molecule has 1 aromatic rings. The zero-order valence-electron chi connectivity index (χ0n) is 11.1. The van der Waals surface area contributed by atoms with Crippen molar-refractivity contribution in [1.82, 2.24) is 15.3 Å². The standard InChI is InChI=1S/C13H21N5/c1-8(2)10-5-12(17-13(14)16-10)18-6-9-3-4-15-11(9)7-18/h5,8-9,11,15H,3-4,6-7H2,1-2H3,(H2,14,16,17)/t9-,11+/m0/s1. The number of rotatable bonds is 2. The third-order valence-corrected chi connectivity index (χ3v) is 4.03. The van der Waals surface area contributed by atoms with Crippen molar-refractivity contribution in [2.24, 2.45) is 5.92 Å². The lowest BCUT2D eigenvalue weighted by atomic mass is 10.1. The molecule has 0 radical (unpaired) electrons. The Balaban J connectivity index is 1.84. The van der Waals surface area contributed by atoms with E-state index in [1.165, 1.54) is 6.42 Å². The van der Waals surface area contributed by atoms with Crippen molar-refractivity contribution < 1.29 is 0 Å². The first kappa shape index (κ1) is 11.7. The molecule has 18 heavy (non-hydrogen) atoms. The number of anilines is 2. The highest BCUT2D eigenvalue weighted by Crippen LogP contribution is 2.29. The van der Waals surface area contributed by atoms with Crippen molar-refractivity contribution >= 4 is 11.8 Å². The van der Waals surface area contributed by atoms with Gasteiger partial charge in [0.1, 0.15) is 5.82 Å². The van der Waals surface area contributed by atoms with Crippen LogP contribution in [0.4, 0.5) is 11.8 Å². The second kappa shape index (κ2) is 4.39. The van der Waals surface area contributed by atoms with Crippen molar-refractivity contribution in [3.05, 3.63) is 11.8 Å². The largest absolute Gasteiger partial charge is 0.368 e. The maximum atomic E-state index is 5.82. The van der Waals surface area contributed by atoms with E-state index in [2.05, 4.69) is 40.1 Å². The van der Waals surface area contributed by atoms with Crippen molar-refractivity contribution in [3.8, 4) is 0 Å². The molecule has 0 bridgehead atoms. The van der Waals surface area contributed by atoms with Crippen molar-refractivity contribution in [1.29, 1.82) is 0 Å². The summed E-state index contributed by atoms with van der Waals surface area (Å²) in [7, 11) is 0. The minimum atomic E-state index is 0.384. The number of aromatic nitrogens is 2. The lowest BCUT2D eigenvalue weighted by Gasteiger charge is -2.19. The van der Waals surface area contributed by atoms with Crippen LogP contribution in [0.3, 0.4) is 0 Å². The molecule has 1 aromatic heterocycles. The van der Waals surface area contributed by atoms with Crippen LogP contribution in [0.15, 0.2) is 6.07 Å². The highest BCUT2D eigenvalue weighted by molar-refractivity contribution is 5.46. The summed E-state index contributed by atoms with van der Waals surface area (Å²) >= 11 is 0. The Morgan fingerprint density at radius 3 is 2.94 bits per heavy atom. The summed E-state index contributed by atoms with van der Waals surface area (Å²) in [5.74, 6) is 2.53. The zero-order chi connectivity index (χ0) is 12.7. The number of fused-ring (bicyclic) bond motifs is 1. The van der Waals surface area contributed by atoms with Crippen molar-refractivity contribution in [2.45, 2.75) is 32.2 Å². The number of nitrogens with two attached hydrogens (primary N) is 1. The van der Waals surface area contributed by atoms with Gasteiger partial charge in [-0.3, -0.25) is 0 Å². The number of hydrogen-bond acceptors (Lipinski definition) is 5. The molecule has 3 heterocycles. The van der Waals surface area contributed by atoms with Crippen LogP contribution in [0.1, 0.15) is 31.9 Å². The topological polar surface area (TPSA) is 67.1 Å². The second-order valence-electron chi connectivity index (χ2n) is 5.68. The Labute approximate surface area is 108 Å². The average molecular weight is 247 g/mol. The summed E-state index contributed by atoms with van der Waals surface area (Å²) in [5.41, 5.74) is 6.85. The van der Waals surface area contributed by atoms with Crippen LogP contribution in [0.25, 0.3) is 0 Å². The van der Waals surface area contributed by atoms with E-state index < -0.39 is 0 Å². The third-order valence-electron chi connectivity index (χ3n) is 4.03. The smallest absolute Gasteiger partial charge is 0.222 e.